The monoisotopic (exact) mass is 377 g/mol. The zero-order chi connectivity index (χ0) is 19.2. The fourth-order valence-corrected chi connectivity index (χ4v) is 2.61. The number of rotatable bonds is 8. The van der Waals surface area contributed by atoms with E-state index in [2.05, 4.69) is 35.6 Å². The van der Waals surface area contributed by atoms with Gasteiger partial charge in [0.05, 0.1) is 31.7 Å². The van der Waals surface area contributed by atoms with Crippen LogP contribution in [0.15, 0.2) is 57.1 Å². The molecule has 3 heterocycles. The number of hydrogen-bond acceptors (Lipinski definition) is 9. The Morgan fingerprint density at radius 1 is 1.11 bits per heavy atom. The van der Waals surface area contributed by atoms with Gasteiger partial charge in [-0.05, 0) is 36.8 Å². The summed E-state index contributed by atoms with van der Waals surface area (Å²) in [4.78, 5) is 21.4. The molecule has 142 valence electrons. The summed E-state index contributed by atoms with van der Waals surface area (Å²) in [6, 6.07) is 11.8. The van der Waals surface area contributed by atoms with Gasteiger partial charge in [-0.15, -0.1) is 0 Å². The minimum atomic E-state index is 0.242. The van der Waals surface area contributed by atoms with Crippen LogP contribution < -0.4 is 15.4 Å². The average molecular weight is 377 g/mol. The highest BCUT2D eigenvalue weighted by atomic mass is 16.5. The van der Waals surface area contributed by atoms with E-state index in [-0.39, 0.29) is 6.01 Å². The molecule has 4 rings (SSSR count). The van der Waals surface area contributed by atoms with Crippen molar-refractivity contribution < 1.29 is 9.15 Å². The van der Waals surface area contributed by atoms with Crippen molar-refractivity contribution in [2.24, 2.45) is 9.98 Å². The van der Waals surface area contributed by atoms with Gasteiger partial charge in [-0.25, -0.2) is 4.99 Å². The van der Waals surface area contributed by atoms with Gasteiger partial charge in [0.15, 0.2) is 0 Å². The standard InChI is InChI=1S/C19H19N7O2/c1-2-27-19-25-17(21-10-15-7-4-8-28-15)24-18(26-19)23-14-6-3-5-13(9-14)16-11-20-12-22-16/h3-9,12H,2,10-11H2,1H3,(H2,21,23,24,25,26). The van der Waals surface area contributed by atoms with Crippen LogP contribution >= 0.6 is 0 Å². The maximum absolute atomic E-state index is 5.47. The Labute approximate surface area is 161 Å². The number of anilines is 3. The molecule has 0 spiro atoms. The van der Waals surface area contributed by atoms with Gasteiger partial charge in [-0.1, -0.05) is 12.1 Å². The summed E-state index contributed by atoms with van der Waals surface area (Å²) in [6.45, 7) is 3.37. The van der Waals surface area contributed by atoms with Crippen LogP contribution in [0.4, 0.5) is 17.6 Å². The van der Waals surface area contributed by atoms with Crippen molar-refractivity contribution in [2.75, 3.05) is 23.8 Å². The van der Waals surface area contributed by atoms with Crippen LogP contribution in [0.5, 0.6) is 6.01 Å². The fourth-order valence-electron chi connectivity index (χ4n) is 2.61. The lowest BCUT2D eigenvalue weighted by Gasteiger charge is -2.10. The van der Waals surface area contributed by atoms with Gasteiger partial charge in [0.2, 0.25) is 11.9 Å². The summed E-state index contributed by atoms with van der Waals surface area (Å²) in [6.07, 6.45) is 3.20. The Balaban J connectivity index is 1.53. The maximum atomic E-state index is 5.47. The first kappa shape index (κ1) is 17.7. The average Bonchev–Trinajstić information content (AvgIpc) is 3.41. The number of hydrogen-bond donors (Lipinski definition) is 2. The van der Waals surface area contributed by atoms with Gasteiger partial charge in [0.25, 0.3) is 0 Å². The molecule has 0 aliphatic carbocycles. The molecule has 0 saturated carbocycles. The summed E-state index contributed by atoms with van der Waals surface area (Å²) in [5.41, 5.74) is 2.76. The van der Waals surface area contributed by atoms with Gasteiger partial charge < -0.3 is 19.8 Å². The van der Waals surface area contributed by atoms with E-state index in [1.807, 2.05) is 43.3 Å². The minimum absolute atomic E-state index is 0.242. The molecule has 2 N–H and O–H groups in total. The Morgan fingerprint density at radius 3 is 2.82 bits per heavy atom. The molecule has 0 radical (unpaired) electrons. The van der Waals surface area contributed by atoms with Gasteiger partial charge >= 0.3 is 6.01 Å². The molecule has 0 unspecified atom stereocenters. The van der Waals surface area contributed by atoms with Crippen LogP contribution in [0.25, 0.3) is 0 Å². The highest BCUT2D eigenvalue weighted by Crippen LogP contribution is 2.19. The van der Waals surface area contributed by atoms with E-state index in [9.17, 15) is 0 Å². The van der Waals surface area contributed by atoms with Crippen molar-refractivity contribution in [1.29, 1.82) is 0 Å². The molecule has 2 aromatic heterocycles. The molecule has 9 heteroatoms. The second-order valence-corrected chi connectivity index (χ2v) is 5.87. The Kier molecular flexibility index (Phi) is 5.23. The predicted molar refractivity (Wildman–Crippen MR) is 107 cm³/mol. The first-order chi connectivity index (χ1) is 13.8. The van der Waals surface area contributed by atoms with E-state index in [4.69, 9.17) is 9.15 Å². The number of nitrogens with zero attached hydrogens (tertiary/aromatic N) is 5. The molecular formula is C19H19N7O2. The Morgan fingerprint density at radius 2 is 2.04 bits per heavy atom. The molecule has 28 heavy (non-hydrogen) atoms. The quantitative estimate of drug-likeness (QED) is 0.621. The minimum Gasteiger partial charge on any atom is -0.467 e. The number of ether oxygens (including phenoxy) is 1. The molecular weight excluding hydrogens is 358 g/mol. The highest BCUT2D eigenvalue weighted by molar-refractivity contribution is 6.08. The summed E-state index contributed by atoms with van der Waals surface area (Å²) < 4.78 is 10.8. The van der Waals surface area contributed by atoms with Crippen LogP contribution in [0.3, 0.4) is 0 Å². The lowest BCUT2D eigenvalue weighted by molar-refractivity contribution is 0.312. The summed E-state index contributed by atoms with van der Waals surface area (Å²) >= 11 is 0. The predicted octanol–water partition coefficient (Wildman–Crippen LogP) is 3.05. The molecule has 0 amide bonds. The van der Waals surface area contributed by atoms with Crippen LogP contribution in [-0.2, 0) is 6.54 Å². The zero-order valence-corrected chi connectivity index (χ0v) is 15.3. The van der Waals surface area contributed by atoms with Crippen LogP contribution in [0.2, 0.25) is 0 Å². The van der Waals surface area contributed by atoms with Crippen molar-refractivity contribution in [3.63, 3.8) is 0 Å². The first-order valence-electron chi connectivity index (χ1n) is 8.87. The Bertz CT molecular complexity index is 999. The number of nitrogens with one attached hydrogen (secondary N) is 2. The number of aromatic nitrogens is 3. The van der Waals surface area contributed by atoms with E-state index in [1.165, 1.54) is 0 Å². The maximum Gasteiger partial charge on any atom is 0.323 e. The van der Waals surface area contributed by atoms with Gasteiger partial charge in [-0.3, -0.25) is 4.99 Å². The highest BCUT2D eigenvalue weighted by Gasteiger charge is 2.10. The molecule has 0 bridgehead atoms. The molecule has 3 aromatic rings. The molecule has 0 fully saturated rings. The zero-order valence-electron chi connectivity index (χ0n) is 15.3. The van der Waals surface area contributed by atoms with Crippen molar-refractivity contribution >= 4 is 29.6 Å². The lowest BCUT2D eigenvalue weighted by Crippen LogP contribution is -2.09. The second kappa shape index (κ2) is 8.30. The molecule has 1 aliphatic heterocycles. The third-order valence-electron chi connectivity index (χ3n) is 3.88. The van der Waals surface area contributed by atoms with Crippen LogP contribution in [0, 0.1) is 0 Å². The molecule has 1 aliphatic rings. The molecule has 1 aromatic carbocycles. The largest absolute Gasteiger partial charge is 0.467 e. The van der Waals surface area contributed by atoms with E-state index < -0.39 is 0 Å². The lowest BCUT2D eigenvalue weighted by atomic mass is 10.1. The van der Waals surface area contributed by atoms with Crippen molar-refractivity contribution in [2.45, 2.75) is 13.5 Å². The van der Waals surface area contributed by atoms with Crippen molar-refractivity contribution in [3.8, 4) is 6.01 Å². The van der Waals surface area contributed by atoms with Gasteiger partial charge in [-0.2, -0.15) is 15.0 Å². The smallest absolute Gasteiger partial charge is 0.323 e. The number of aliphatic imine (C=N–C) groups is 2. The second-order valence-electron chi connectivity index (χ2n) is 5.87. The van der Waals surface area contributed by atoms with Crippen molar-refractivity contribution in [1.82, 2.24) is 15.0 Å². The SMILES string of the molecule is CCOc1nc(NCc2ccco2)nc(Nc2cccc(C3=NC=NC3)c2)n1. The normalized spacial score (nSPS) is 12.7. The number of benzene rings is 1. The van der Waals surface area contributed by atoms with E-state index in [1.54, 1.807) is 12.6 Å². The van der Waals surface area contributed by atoms with Crippen LogP contribution in [0.1, 0.15) is 18.2 Å². The van der Waals surface area contributed by atoms with E-state index >= 15 is 0 Å². The first-order valence-corrected chi connectivity index (χ1v) is 8.87. The third-order valence-corrected chi connectivity index (χ3v) is 3.88. The third kappa shape index (κ3) is 4.32. The molecule has 9 nitrogen and oxygen atoms in total. The number of furan rings is 1. The molecule has 0 atom stereocenters. The Hall–Kier alpha value is -3.75. The summed E-state index contributed by atoms with van der Waals surface area (Å²) in [7, 11) is 0. The van der Waals surface area contributed by atoms with Gasteiger partial charge in [0, 0.05) is 5.69 Å². The van der Waals surface area contributed by atoms with Gasteiger partial charge in [0.1, 0.15) is 12.1 Å². The fraction of sp³-hybridized carbons (Fsp3) is 0.211. The van der Waals surface area contributed by atoms with E-state index in [0.717, 1.165) is 22.7 Å². The van der Waals surface area contributed by atoms with Crippen LogP contribution in [-0.4, -0.2) is 40.2 Å². The molecule has 0 saturated heterocycles. The topological polar surface area (TPSA) is 110 Å². The van der Waals surface area contributed by atoms with E-state index in [0.29, 0.717) is 31.6 Å². The van der Waals surface area contributed by atoms with Crippen molar-refractivity contribution in [3.05, 3.63) is 54.0 Å². The summed E-state index contributed by atoms with van der Waals surface area (Å²) in [5, 5.41) is 6.32. The summed E-state index contributed by atoms with van der Waals surface area (Å²) in [5.74, 6) is 1.55.